The minimum atomic E-state index is -0.298. The summed E-state index contributed by atoms with van der Waals surface area (Å²) in [6, 6.07) is 7.43. The van der Waals surface area contributed by atoms with Crippen LogP contribution in [0.3, 0.4) is 0 Å². The Morgan fingerprint density at radius 3 is 2.19 bits per heavy atom. The molecule has 0 spiro atoms. The number of halogens is 2. The first kappa shape index (κ1) is 25.3. The fourth-order valence-corrected chi connectivity index (χ4v) is 2.69. The molecule has 0 bridgehead atoms. The highest BCUT2D eigenvalue weighted by Crippen LogP contribution is 2.18. The van der Waals surface area contributed by atoms with E-state index in [1.165, 1.54) is 0 Å². The third-order valence-corrected chi connectivity index (χ3v) is 4.15. The Labute approximate surface area is 173 Å². The van der Waals surface area contributed by atoms with Crippen molar-refractivity contribution in [1.29, 1.82) is 0 Å². The third-order valence-electron chi connectivity index (χ3n) is 4.15. The van der Waals surface area contributed by atoms with Crippen LogP contribution in [-0.2, 0) is 4.74 Å². The molecule has 1 aromatic rings. The van der Waals surface area contributed by atoms with Gasteiger partial charge in [-0.2, -0.15) is 0 Å². The molecule has 0 aliphatic carbocycles. The lowest BCUT2D eigenvalue weighted by molar-refractivity contribution is 0.0526. The number of carbonyl (C=O) groups excluding carboxylic acids is 2. The predicted octanol–water partition coefficient (Wildman–Crippen LogP) is 2.10. The second-order valence-corrected chi connectivity index (χ2v) is 6.28. The van der Waals surface area contributed by atoms with Crippen LogP contribution in [0.1, 0.15) is 17.3 Å². The monoisotopic (exact) mass is 420 g/mol. The topological polar surface area (TPSA) is 65.1 Å². The van der Waals surface area contributed by atoms with Gasteiger partial charge in [0.25, 0.3) is 0 Å². The summed E-state index contributed by atoms with van der Waals surface area (Å²) >= 11 is 0. The number of benzene rings is 1. The van der Waals surface area contributed by atoms with Gasteiger partial charge in [-0.15, -0.1) is 24.8 Å². The van der Waals surface area contributed by atoms with Gasteiger partial charge >= 0.3 is 12.0 Å². The lowest BCUT2D eigenvalue weighted by Crippen LogP contribution is -2.52. The fourth-order valence-electron chi connectivity index (χ4n) is 2.69. The number of piperazine rings is 1. The molecule has 1 fully saturated rings. The van der Waals surface area contributed by atoms with Crippen molar-refractivity contribution in [2.45, 2.75) is 6.92 Å². The lowest BCUT2D eigenvalue weighted by Gasteiger charge is -2.36. The Morgan fingerprint density at radius 1 is 1.07 bits per heavy atom. The number of carbonyl (C=O) groups is 2. The molecule has 1 aliphatic heterocycles. The number of rotatable bonds is 6. The van der Waals surface area contributed by atoms with Gasteiger partial charge in [-0.25, -0.2) is 9.59 Å². The van der Waals surface area contributed by atoms with Crippen molar-refractivity contribution >= 4 is 42.5 Å². The molecule has 2 amide bonds. The van der Waals surface area contributed by atoms with E-state index in [-0.39, 0.29) is 36.8 Å². The number of nitrogens with zero attached hydrogens (tertiary/aromatic N) is 3. The molecule has 1 aliphatic rings. The number of amides is 2. The molecule has 0 saturated carbocycles. The molecular weight excluding hydrogens is 391 g/mol. The predicted molar refractivity (Wildman–Crippen MR) is 113 cm³/mol. The van der Waals surface area contributed by atoms with Gasteiger partial charge in [0.05, 0.1) is 12.2 Å². The molecule has 2 rings (SSSR count). The quantitative estimate of drug-likeness (QED) is 0.713. The second kappa shape index (κ2) is 12.6. The van der Waals surface area contributed by atoms with Crippen LogP contribution in [0.4, 0.5) is 10.5 Å². The minimum Gasteiger partial charge on any atom is -0.462 e. The van der Waals surface area contributed by atoms with E-state index in [4.69, 9.17) is 4.74 Å². The molecular formula is C18H30Cl2N4O3. The SMILES string of the molecule is CCOC(=O)c1ccc(N2CCN(C(=O)NCCN(C)C)CC2)cc1.Cl.Cl. The first-order chi connectivity index (χ1) is 12.0. The van der Waals surface area contributed by atoms with Crippen molar-refractivity contribution in [3.05, 3.63) is 29.8 Å². The maximum Gasteiger partial charge on any atom is 0.338 e. The molecule has 1 aromatic carbocycles. The van der Waals surface area contributed by atoms with E-state index in [0.717, 1.165) is 25.3 Å². The highest BCUT2D eigenvalue weighted by molar-refractivity contribution is 5.89. The van der Waals surface area contributed by atoms with Crippen molar-refractivity contribution in [3.63, 3.8) is 0 Å². The van der Waals surface area contributed by atoms with Crippen molar-refractivity contribution in [2.24, 2.45) is 0 Å². The smallest absolute Gasteiger partial charge is 0.338 e. The largest absolute Gasteiger partial charge is 0.462 e. The van der Waals surface area contributed by atoms with Gasteiger partial charge in [0, 0.05) is 45.0 Å². The Balaban J connectivity index is 0.00000338. The minimum absolute atomic E-state index is 0. The first-order valence-corrected chi connectivity index (χ1v) is 8.71. The number of esters is 1. The van der Waals surface area contributed by atoms with Gasteiger partial charge in [-0.05, 0) is 45.3 Å². The number of urea groups is 1. The Hall–Kier alpha value is -1.70. The van der Waals surface area contributed by atoms with Crippen LogP contribution in [0.5, 0.6) is 0 Å². The summed E-state index contributed by atoms with van der Waals surface area (Å²) in [7, 11) is 3.97. The molecule has 1 N–H and O–H groups in total. The summed E-state index contributed by atoms with van der Waals surface area (Å²) in [4.78, 5) is 29.9. The normalized spacial score (nSPS) is 13.5. The van der Waals surface area contributed by atoms with Crippen LogP contribution in [-0.4, -0.2) is 81.8 Å². The Morgan fingerprint density at radius 2 is 1.67 bits per heavy atom. The van der Waals surface area contributed by atoms with Gasteiger partial charge in [0.2, 0.25) is 0 Å². The van der Waals surface area contributed by atoms with Gasteiger partial charge in [0.1, 0.15) is 0 Å². The van der Waals surface area contributed by atoms with Crippen molar-refractivity contribution in [2.75, 3.05) is 64.9 Å². The van der Waals surface area contributed by atoms with Gasteiger partial charge < -0.3 is 24.8 Å². The standard InChI is InChI=1S/C18H28N4O3.2ClH/c1-4-25-17(23)15-5-7-16(8-6-15)21-11-13-22(14-12-21)18(24)19-9-10-20(2)3;;/h5-8H,4,9-14H2,1-3H3,(H,19,24);2*1H. The highest BCUT2D eigenvalue weighted by atomic mass is 35.5. The van der Waals surface area contributed by atoms with Gasteiger partial charge in [0.15, 0.2) is 0 Å². The van der Waals surface area contributed by atoms with E-state index in [0.29, 0.717) is 31.8 Å². The maximum absolute atomic E-state index is 12.1. The van der Waals surface area contributed by atoms with E-state index in [1.54, 1.807) is 19.1 Å². The highest BCUT2D eigenvalue weighted by Gasteiger charge is 2.21. The number of anilines is 1. The summed E-state index contributed by atoms with van der Waals surface area (Å²) in [5, 5.41) is 2.95. The molecule has 1 saturated heterocycles. The van der Waals surface area contributed by atoms with E-state index < -0.39 is 0 Å². The summed E-state index contributed by atoms with van der Waals surface area (Å²) in [6.07, 6.45) is 0. The number of hydrogen-bond acceptors (Lipinski definition) is 5. The maximum atomic E-state index is 12.1. The zero-order valence-corrected chi connectivity index (χ0v) is 17.8. The summed E-state index contributed by atoms with van der Waals surface area (Å²) < 4.78 is 4.99. The molecule has 27 heavy (non-hydrogen) atoms. The fraction of sp³-hybridized carbons (Fsp3) is 0.556. The summed E-state index contributed by atoms with van der Waals surface area (Å²) in [6.45, 7) is 6.59. The first-order valence-electron chi connectivity index (χ1n) is 8.71. The number of ether oxygens (including phenoxy) is 1. The van der Waals surface area contributed by atoms with Crippen LogP contribution in [0.2, 0.25) is 0 Å². The summed E-state index contributed by atoms with van der Waals surface area (Å²) in [5.41, 5.74) is 1.62. The van der Waals surface area contributed by atoms with Crippen LogP contribution >= 0.6 is 24.8 Å². The number of hydrogen-bond donors (Lipinski definition) is 1. The zero-order chi connectivity index (χ0) is 18.2. The zero-order valence-electron chi connectivity index (χ0n) is 16.1. The lowest BCUT2D eigenvalue weighted by atomic mass is 10.2. The van der Waals surface area contributed by atoms with Gasteiger partial charge in [-0.3, -0.25) is 0 Å². The Kier molecular flexibility index (Phi) is 11.8. The van der Waals surface area contributed by atoms with Crippen molar-refractivity contribution in [3.8, 4) is 0 Å². The molecule has 0 atom stereocenters. The number of likely N-dealkylation sites (N-methyl/N-ethyl adjacent to an activating group) is 1. The van der Waals surface area contributed by atoms with Crippen LogP contribution in [0.15, 0.2) is 24.3 Å². The molecule has 154 valence electrons. The van der Waals surface area contributed by atoms with Gasteiger partial charge in [-0.1, -0.05) is 0 Å². The third kappa shape index (κ3) is 7.82. The molecule has 0 radical (unpaired) electrons. The molecule has 0 unspecified atom stereocenters. The molecule has 9 heteroatoms. The van der Waals surface area contributed by atoms with E-state index in [2.05, 4.69) is 10.2 Å². The van der Waals surface area contributed by atoms with Crippen LogP contribution in [0.25, 0.3) is 0 Å². The van der Waals surface area contributed by atoms with Crippen LogP contribution in [0, 0.1) is 0 Å². The van der Waals surface area contributed by atoms with E-state index in [9.17, 15) is 9.59 Å². The average molecular weight is 421 g/mol. The van der Waals surface area contributed by atoms with Crippen LogP contribution < -0.4 is 10.2 Å². The molecule has 0 aromatic heterocycles. The van der Waals surface area contributed by atoms with E-state index in [1.807, 2.05) is 36.0 Å². The Bertz CT molecular complexity index is 576. The van der Waals surface area contributed by atoms with Crippen molar-refractivity contribution < 1.29 is 14.3 Å². The average Bonchev–Trinajstić information content (AvgIpc) is 2.62. The van der Waals surface area contributed by atoms with Crippen molar-refractivity contribution in [1.82, 2.24) is 15.1 Å². The van der Waals surface area contributed by atoms with E-state index >= 15 is 0 Å². The second-order valence-electron chi connectivity index (χ2n) is 6.28. The summed E-state index contributed by atoms with van der Waals surface area (Å²) in [5.74, 6) is -0.298. The molecule has 7 nitrogen and oxygen atoms in total. The molecule has 1 heterocycles. The number of nitrogens with one attached hydrogen (secondary N) is 1.